The van der Waals surface area contributed by atoms with E-state index in [4.69, 9.17) is 9.57 Å². The number of carbonyl (C=O) groups is 1. The molecule has 0 aromatic heterocycles. The van der Waals surface area contributed by atoms with Gasteiger partial charge in [0.25, 0.3) is 0 Å². The number of nitrogens with zero attached hydrogens (tertiary/aromatic N) is 2. The molecule has 1 saturated heterocycles. The van der Waals surface area contributed by atoms with E-state index in [1.165, 1.54) is 16.4 Å². The maximum atomic E-state index is 13.1. The van der Waals surface area contributed by atoms with Gasteiger partial charge in [-0.25, -0.2) is 17.1 Å². The lowest BCUT2D eigenvalue weighted by molar-refractivity contribution is -0.160. The van der Waals surface area contributed by atoms with E-state index in [0.29, 0.717) is 31.4 Å². The van der Waals surface area contributed by atoms with E-state index in [0.717, 1.165) is 5.56 Å². The molecule has 29 heavy (non-hydrogen) atoms. The Labute approximate surface area is 170 Å². The number of oxime groups is 1. The van der Waals surface area contributed by atoms with Crippen LogP contribution in [0, 0.1) is 11.2 Å². The van der Waals surface area contributed by atoms with Crippen LogP contribution < -0.4 is 0 Å². The Balaban J connectivity index is 1.69. The fraction of sp³-hybridized carbons (Fsp3) is 0.600. The lowest BCUT2D eigenvalue weighted by atomic mass is 9.74. The summed E-state index contributed by atoms with van der Waals surface area (Å²) in [5, 5.41) is 4.12. The number of piperidine rings is 1. The summed E-state index contributed by atoms with van der Waals surface area (Å²) >= 11 is 0. The highest BCUT2D eigenvalue weighted by Gasteiger charge is 2.47. The van der Waals surface area contributed by atoms with Crippen molar-refractivity contribution >= 4 is 21.7 Å². The van der Waals surface area contributed by atoms with E-state index < -0.39 is 15.4 Å². The molecule has 1 fully saturated rings. The van der Waals surface area contributed by atoms with Crippen LogP contribution in [-0.4, -0.2) is 56.0 Å². The monoisotopic (exact) mass is 426 g/mol. The number of sulfonamides is 1. The van der Waals surface area contributed by atoms with Gasteiger partial charge in [0, 0.05) is 25.9 Å². The number of rotatable bonds is 7. The van der Waals surface area contributed by atoms with Crippen molar-refractivity contribution in [3.8, 4) is 0 Å². The molecule has 2 aliphatic heterocycles. The number of hydrogen-bond acceptors (Lipinski definition) is 6. The number of halogens is 1. The first kappa shape index (κ1) is 21.7. The van der Waals surface area contributed by atoms with Gasteiger partial charge < -0.3 is 9.57 Å². The first-order valence-corrected chi connectivity index (χ1v) is 11.5. The minimum absolute atomic E-state index is 0.0417. The van der Waals surface area contributed by atoms with E-state index in [2.05, 4.69) is 5.16 Å². The Hall–Kier alpha value is -2.00. The minimum atomic E-state index is -3.29. The highest BCUT2D eigenvalue weighted by Crippen LogP contribution is 2.40. The van der Waals surface area contributed by atoms with Crippen molar-refractivity contribution in [3.63, 3.8) is 0 Å². The number of ether oxygens (including phenoxy) is 1. The zero-order valence-electron chi connectivity index (χ0n) is 16.8. The molecule has 0 aliphatic carbocycles. The molecule has 2 heterocycles. The number of hydrogen-bond donors (Lipinski definition) is 0. The molecule has 1 unspecified atom stereocenters. The predicted molar refractivity (Wildman–Crippen MR) is 106 cm³/mol. The Bertz CT molecular complexity index is 861. The highest BCUT2D eigenvalue weighted by molar-refractivity contribution is 7.89. The third-order valence-electron chi connectivity index (χ3n) is 5.67. The summed E-state index contributed by atoms with van der Waals surface area (Å²) in [7, 11) is -3.29. The van der Waals surface area contributed by atoms with Crippen LogP contribution in [0.2, 0.25) is 0 Å². The van der Waals surface area contributed by atoms with Gasteiger partial charge in [0.05, 0.1) is 23.5 Å². The van der Waals surface area contributed by atoms with Crippen LogP contribution in [0.4, 0.5) is 4.39 Å². The Morgan fingerprint density at radius 1 is 1.28 bits per heavy atom. The van der Waals surface area contributed by atoms with Crippen LogP contribution in [0.15, 0.2) is 29.4 Å². The molecule has 7 nitrogen and oxygen atoms in total. The lowest BCUT2D eigenvalue weighted by Gasteiger charge is -2.40. The smallest absolute Gasteiger partial charge is 0.312 e. The van der Waals surface area contributed by atoms with E-state index in [9.17, 15) is 17.6 Å². The third-order valence-corrected chi connectivity index (χ3v) is 7.56. The Morgan fingerprint density at radius 3 is 2.52 bits per heavy atom. The molecule has 0 amide bonds. The predicted octanol–water partition coefficient (Wildman–Crippen LogP) is 2.70. The maximum absolute atomic E-state index is 13.1. The van der Waals surface area contributed by atoms with Gasteiger partial charge in [0.2, 0.25) is 10.0 Å². The van der Waals surface area contributed by atoms with Gasteiger partial charge in [0.1, 0.15) is 11.9 Å². The van der Waals surface area contributed by atoms with Crippen molar-refractivity contribution in [1.82, 2.24) is 4.31 Å². The zero-order valence-corrected chi connectivity index (χ0v) is 17.6. The van der Waals surface area contributed by atoms with Gasteiger partial charge >= 0.3 is 5.97 Å². The molecule has 9 heteroatoms. The second kappa shape index (κ2) is 8.79. The fourth-order valence-electron chi connectivity index (χ4n) is 3.94. The van der Waals surface area contributed by atoms with Crippen LogP contribution in [0.5, 0.6) is 0 Å². The molecular formula is C20H27FN2O5S. The Morgan fingerprint density at radius 2 is 1.93 bits per heavy atom. The number of esters is 1. The quantitative estimate of drug-likeness (QED) is 0.626. The summed E-state index contributed by atoms with van der Waals surface area (Å²) in [6.45, 7) is 4.20. The van der Waals surface area contributed by atoms with Gasteiger partial charge in [-0.3, -0.25) is 4.79 Å². The topological polar surface area (TPSA) is 85.3 Å². The van der Waals surface area contributed by atoms with Crippen LogP contribution in [-0.2, 0) is 24.4 Å². The molecule has 0 saturated carbocycles. The minimum Gasteiger partial charge on any atom is -0.466 e. The van der Waals surface area contributed by atoms with Gasteiger partial charge in [-0.2, -0.15) is 0 Å². The first-order chi connectivity index (χ1) is 13.8. The molecule has 1 aromatic carbocycles. The normalized spacial score (nSPS) is 22.0. The Kier molecular flexibility index (Phi) is 6.58. The molecule has 1 aromatic rings. The van der Waals surface area contributed by atoms with Crippen LogP contribution in [0.3, 0.4) is 0 Å². The van der Waals surface area contributed by atoms with Crippen molar-refractivity contribution in [2.24, 2.45) is 10.6 Å². The van der Waals surface area contributed by atoms with Crippen molar-refractivity contribution in [2.45, 2.75) is 45.6 Å². The van der Waals surface area contributed by atoms with E-state index in [1.807, 2.05) is 0 Å². The summed E-state index contributed by atoms with van der Waals surface area (Å²) in [6.07, 6.45) is 1.37. The summed E-state index contributed by atoms with van der Waals surface area (Å²) in [6, 6.07) is 6.04. The van der Waals surface area contributed by atoms with E-state index in [-0.39, 0.29) is 43.3 Å². The average molecular weight is 427 g/mol. The van der Waals surface area contributed by atoms with Crippen LogP contribution >= 0.6 is 0 Å². The number of benzene rings is 1. The highest BCUT2D eigenvalue weighted by atomic mass is 32.2. The molecular weight excluding hydrogens is 399 g/mol. The molecule has 1 atom stereocenters. The molecule has 0 spiro atoms. The largest absolute Gasteiger partial charge is 0.466 e. The van der Waals surface area contributed by atoms with Gasteiger partial charge in [-0.05, 0) is 44.4 Å². The van der Waals surface area contributed by atoms with Crippen LogP contribution in [0.25, 0.3) is 0 Å². The SMILES string of the molecule is CCOC(=O)C1(CC2CC(c3ccc(F)cc3)=NO2)CCN(S(=O)(=O)CC)CC1. The maximum Gasteiger partial charge on any atom is 0.312 e. The summed E-state index contributed by atoms with van der Waals surface area (Å²) < 4.78 is 44.3. The molecule has 0 radical (unpaired) electrons. The van der Waals surface area contributed by atoms with Crippen molar-refractivity contribution in [1.29, 1.82) is 0 Å². The molecule has 2 aliphatic rings. The van der Waals surface area contributed by atoms with Gasteiger partial charge in [-0.15, -0.1) is 0 Å². The van der Waals surface area contributed by atoms with E-state index in [1.54, 1.807) is 26.0 Å². The van der Waals surface area contributed by atoms with Crippen molar-refractivity contribution in [2.75, 3.05) is 25.4 Å². The summed E-state index contributed by atoms with van der Waals surface area (Å²) in [5.74, 6) is -0.590. The third kappa shape index (κ3) is 4.78. The molecule has 0 N–H and O–H groups in total. The second-order valence-electron chi connectivity index (χ2n) is 7.48. The van der Waals surface area contributed by atoms with Crippen molar-refractivity contribution in [3.05, 3.63) is 35.6 Å². The second-order valence-corrected chi connectivity index (χ2v) is 9.74. The average Bonchev–Trinajstić information content (AvgIpc) is 3.17. The molecule has 0 bridgehead atoms. The molecule has 3 rings (SSSR count). The van der Waals surface area contributed by atoms with Crippen LogP contribution in [0.1, 0.15) is 45.1 Å². The first-order valence-electron chi connectivity index (χ1n) is 9.93. The van der Waals surface area contributed by atoms with Crippen molar-refractivity contribution < 1.29 is 27.2 Å². The van der Waals surface area contributed by atoms with Gasteiger partial charge in [-0.1, -0.05) is 17.3 Å². The number of carbonyl (C=O) groups excluding carboxylic acids is 1. The summed E-state index contributed by atoms with van der Waals surface area (Å²) in [5.41, 5.74) is 0.691. The van der Waals surface area contributed by atoms with E-state index >= 15 is 0 Å². The standard InChI is InChI=1S/C20H27FN2O5S/c1-3-27-19(24)20(9-11-23(12-10-20)29(25,26)4-2)14-17-13-18(22-28-17)15-5-7-16(21)8-6-15/h5-8,17H,3-4,9-14H2,1-2H3. The summed E-state index contributed by atoms with van der Waals surface area (Å²) in [4.78, 5) is 18.4. The fourth-order valence-corrected chi connectivity index (χ4v) is 5.04. The molecule has 160 valence electrons. The van der Waals surface area contributed by atoms with Gasteiger partial charge in [0.15, 0.2) is 0 Å². The zero-order chi connectivity index (χ0) is 21.1. The lowest BCUT2D eigenvalue weighted by Crippen LogP contribution is -2.48.